The van der Waals surface area contributed by atoms with Crippen LogP contribution in [0.4, 0.5) is 0 Å². The van der Waals surface area contributed by atoms with Crippen LogP contribution in [0.2, 0.25) is 0 Å². The van der Waals surface area contributed by atoms with Crippen molar-refractivity contribution < 1.29 is 44.4 Å². The quantitative estimate of drug-likeness (QED) is 0.0518. The largest absolute Gasteiger partial charge is 0.481 e. The molecular weight excluding hydrogens is 578 g/mol. The molecule has 13 heteroatoms. The van der Waals surface area contributed by atoms with Crippen LogP contribution >= 0.6 is 11.8 Å². The molecule has 12 nitrogen and oxygen atoms in total. The first-order valence-electron chi connectivity index (χ1n) is 14.4. The van der Waals surface area contributed by atoms with E-state index in [2.05, 4.69) is 19.1 Å². The number of carboxylic acid groups (broad SMARTS) is 3. The molecule has 1 unspecified atom stereocenters. The molecule has 43 heavy (non-hydrogen) atoms. The zero-order valence-electron chi connectivity index (χ0n) is 24.8. The number of aliphatic hydroxyl groups excluding tert-OH is 1. The number of unbranched alkanes of at least 4 members (excludes halogenated alkanes) is 3. The van der Waals surface area contributed by atoms with Crippen molar-refractivity contribution in [3.8, 4) is 0 Å². The standard InChI is InChI=1S/C30H47N3O9S/c1-2-3-4-5-6-7-8-9-10-11-12-13-16-25(24(34)15-14-17-27(36)37)43-21-23(32)29(40)33(20-28(38)39)26(35)19-18-22(31)30(41)42/h6-7,9-13,16,22-25,34H,2-5,8,14-15,17-21,31-32H2,1H3,(H,36,37)(H,38,39)(H,41,42)/t22-,23-,24-,25?/m0/s1. The number of carbonyl (C=O) groups excluding carboxylic acids is 2. The number of rotatable bonds is 24. The number of allylic oxidation sites excluding steroid dienone is 7. The molecule has 0 fully saturated rings. The van der Waals surface area contributed by atoms with Crippen molar-refractivity contribution in [1.29, 1.82) is 0 Å². The summed E-state index contributed by atoms with van der Waals surface area (Å²) in [4.78, 5) is 58.9. The summed E-state index contributed by atoms with van der Waals surface area (Å²) in [6.45, 7) is 1.21. The number of imide groups is 1. The van der Waals surface area contributed by atoms with E-state index in [4.69, 9.17) is 21.7 Å². The van der Waals surface area contributed by atoms with Gasteiger partial charge in [-0.3, -0.25) is 28.9 Å². The highest BCUT2D eigenvalue weighted by atomic mass is 32.2. The highest BCUT2D eigenvalue weighted by Crippen LogP contribution is 2.22. The van der Waals surface area contributed by atoms with Gasteiger partial charge in [0.05, 0.1) is 12.1 Å². The van der Waals surface area contributed by atoms with Gasteiger partial charge in [-0.05, 0) is 38.5 Å². The van der Waals surface area contributed by atoms with Crippen LogP contribution in [-0.2, 0) is 24.0 Å². The molecule has 0 rings (SSSR count). The van der Waals surface area contributed by atoms with E-state index in [0.29, 0.717) is 4.90 Å². The van der Waals surface area contributed by atoms with Gasteiger partial charge in [0, 0.05) is 23.8 Å². The SMILES string of the molecule is CCCCCC=CCC=CC=CC=CC(SC[C@H](N)C(=O)N(CC(=O)O)C(=O)CC[C@H](N)C(=O)O)[C@@H](O)CCCC(=O)O. The Bertz CT molecular complexity index is 997. The lowest BCUT2D eigenvalue weighted by Crippen LogP contribution is -2.50. The summed E-state index contributed by atoms with van der Waals surface area (Å²) in [6.07, 6.45) is 19.2. The Kier molecular flexibility index (Phi) is 22.4. The monoisotopic (exact) mass is 625 g/mol. The molecule has 0 aliphatic heterocycles. The van der Waals surface area contributed by atoms with Crippen LogP contribution in [0.3, 0.4) is 0 Å². The molecule has 4 atom stereocenters. The number of hydrogen-bond acceptors (Lipinski definition) is 9. The van der Waals surface area contributed by atoms with E-state index >= 15 is 0 Å². The van der Waals surface area contributed by atoms with Crippen LogP contribution in [0.15, 0.2) is 48.6 Å². The van der Waals surface area contributed by atoms with Crippen LogP contribution in [0.25, 0.3) is 0 Å². The minimum atomic E-state index is -1.46. The number of aliphatic carboxylic acids is 3. The van der Waals surface area contributed by atoms with Crippen LogP contribution < -0.4 is 11.5 Å². The second-order valence-corrected chi connectivity index (χ2v) is 11.1. The molecule has 0 saturated carbocycles. The predicted octanol–water partition coefficient (Wildman–Crippen LogP) is 2.86. The summed E-state index contributed by atoms with van der Waals surface area (Å²) in [7, 11) is 0. The average Bonchev–Trinajstić information content (AvgIpc) is 2.95. The molecule has 0 aromatic rings. The minimum absolute atomic E-state index is 0.0872. The van der Waals surface area contributed by atoms with Crippen molar-refractivity contribution in [1.82, 2.24) is 4.90 Å². The Balaban J connectivity index is 5.29. The Labute approximate surface area is 257 Å². The van der Waals surface area contributed by atoms with E-state index in [1.807, 2.05) is 18.2 Å². The number of carbonyl (C=O) groups is 5. The van der Waals surface area contributed by atoms with E-state index in [1.165, 1.54) is 19.3 Å². The summed E-state index contributed by atoms with van der Waals surface area (Å²) in [5.74, 6) is -5.75. The summed E-state index contributed by atoms with van der Waals surface area (Å²) in [5.41, 5.74) is 11.4. The number of aliphatic hydroxyl groups is 1. The van der Waals surface area contributed by atoms with Crippen molar-refractivity contribution in [3.05, 3.63) is 48.6 Å². The van der Waals surface area contributed by atoms with E-state index in [0.717, 1.165) is 24.6 Å². The summed E-state index contributed by atoms with van der Waals surface area (Å²) in [6, 6.07) is -2.66. The Morgan fingerprint density at radius 3 is 2.14 bits per heavy atom. The van der Waals surface area contributed by atoms with Crippen LogP contribution in [-0.4, -0.2) is 90.8 Å². The Morgan fingerprint density at radius 1 is 0.814 bits per heavy atom. The van der Waals surface area contributed by atoms with E-state index in [9.17, 15) is 34.2 Å². The predicted molar refractivity (Wildman–Crippen MR) is 166 cm³/mol. The Morgan fingerprint density at radius 2 is 1.51 bits per heavy atom. The second-order valence-electron chi connectivity index (χ2n) is 9.85. The van der Waals surface area contributed by atoms with Gasteiger partial charge in [-0.2, -0.15) is 0 Å². The first-order valence-corrected chi connectivity index (χ1v) is 15.4. The van der Waals surface area contributed by atoms with Gasteiger partial charge in [0.2, 0.25) is 11.8 Å². The fourth-order valence-electron chi connectivity index (χ4n) is 3.63. The zero-order chi connectivity index (χ0) is 32.6. The van der Waals surface area contributed by atoms with Crippen molar-refractivity contribution in [2.24, 2.45) is 11.5 Å². The third-order valence-electron chi connectivity index (χ3n) is 6.09. The van der Waals surface area contributed by atoms with E-state index in [-0.39, 0.29) is 31.4 Å². The maximum Gasteiger partial charge on any atom is 0.323 e. The molecule has 0 aliphatic carbocycles. The number of hydrogen-bond donors (Lipinski definition) is 6. The third kappa shape index (κ3) is 20.3. The van der Waals surface area contributed by atoms with Gasteiger partial charge in [0.25, 0.3) is 0 Å². The topological polar surface area (TPSA) is 222 Å². The number of amides is 2. The normalized spacial score (nSPS) is 14.8. The fourth-order valence-corrected chi connectivity index (χ4v) is 4.77. The smallest absolute Gasteiger partial charge is 0.323 e. The summed E-state index contributed by atoms with van der Waals surface area (Å²) >= 11 is 1.10. The molecule has 0 bridgehead atoms. The van der Waals surface area contributed by atoms with Crippen LogP contribution in [0.5, 0.6) is 0 Å². The third-order valence-corrected chi connectivity index (χ3v) is 7.49. The van der Waals surface area contributed by atoms with E-state index in [1.54, 1.807) is 18.2 Å². The molecule has 0 spiro atoms. The molecular formula is C30H47N3O9S. The molecule has 0 saturated heterocycles. The van der Waals surface area contributed by atoms with Gasteiger partial charge in [-0.15, -0.1) is 11.8 Å². The summed E-state index contributed by atoms with van der Waals surface area (Å²) < 4.78 is 0. The molecule has 2 amide bonds. The van der Waals surface area contributed by atoms with Crippen molar-refractivity contribution >= 4 is 41.5 Å². The lowest BCUT2D eigenvalue weighted by atomic mass is 10.1. The number of nitrogens with zero attached hydrogens (tertiary/aromatic N) is 1. The number of carboxylic acids is 3. The Hall–Kier alpha value is -3.26. The molecule has 0 aliphatic rings. The van der Waals surface area contributed by atoms with Gasteiger partial charge in [-0.25, -0.2) is 0 Å². The molecule has 0 aromatic carbocycles. The highest BCUT2D eigenvalue weighted by molar-refractivity contribution is 8.00. The van der Waals surface area contributed by atoms with Crippen LogP contribution in [0.1, 0.15) is 71.1 Å². The molecule has 8 N–H and O–H groups in total. The first-order chi connectivity index (χ1) is 20.4. The average molecular weight is 626 g/mol. The number of nitrogens with two attached hydrogens (primary N) is 2. The zero-order valence-corrected chi connectivity index (χ0v) is 25.6. The molecule has 0 heterocycles. The van der Waals surface area contributed by atoms with E-state index < -0.39 is 66.1 Å². The molecule has 0 aromatic heterocycles. The van der Waals surface area contributed by atoms with Crippen molar-refractivity contribution in [3.63, 3.8) is 0 Å². The van der Waals surface area contributed by atoms with Gasteiger partial charge in [0.1, 0.15) is 12.6 Å². The van der Waals surface area contributed by atoms with Gasteiger partial charge < -0.3 is 31.9 Å². The first kappa shape index (κ1) is 39.7. The molecule has 242 valence electrons. The lowest BCUT2D eigenvalue weighted by molar-refractivity contribution is -0.153. The minimum Gasteiger partial charge on any atom is -0.481 e. The van der Waals surface area contributed by atoms with Crippen LogP contribution in [0, 0.1) is 0 Å². The highest BCUT2D eigenvalue weighted by Gasteiger charge is 2.30. The van der Waals surface area contributed by atoms with Gasteiger partial charge >= 0.3 is 17.9 Å². The lowest BCUT2D eigenvalue weighted by Gasteiger charge is -2.25. The number of thioether (sulfide) groups is 1. The van der Waals surface area contributed by atoms with Gasteiger partial charge in [-0.1, -0.05) is 68.4 Å². The molecule has 0 radical (unpaired) electrons. The fraction of sp³-hybridized carbons (Fsp3) is 0.567. The maximum atomic E-state index is 12.9. The second kappa shape index (κ2) is 24.2. The van der Waals surface area contributed by atoms with Crippen molar-refractivity contribution in [2.75, 3.05) is 12.3 Å². The van der Waals surface area contributed by atoms with Gasteiger partial charge in [0.15, 0.2) is 0 Å². The van der Waals surface area contributed by atoms with Crippen molar-refractivity contribution in [2.45, 2.75) is 94.6 Å². The maximum absolute atomic E-state index is 12.9. The summed E-state index contributed by atoms with van der Waals surface area (Å²) in [5, 5.41) is 37.1.